The molecule has 0 bridgehead atoms. The summed E-state index contributed by atoms with van der Waals surface area (Å²) in [4.78, 5) is 2.05. The Labute approximate surface area is 118 Å². The molecule has 5 heteroatoms. The second-order valence-electron chi connectivity index (χ2n) is 5.54. The van der Waals surface area contributed by atoms with Crippen molar-refractivity contribution in [3.63, 3.8) is 0 Å². The van der Waals surface area contributed by atoms with E-state index in [1.165, 1.54) is 0 Å². The molecule has 2 N–H and O–H groups in total. The van der Waals surface area contributed by atoms with E-state index >= 15 is 0 Å². The molecule has 1 aromatic carbocycles. The van der Waals surface area contributed by atoms with E-state index in [-0.39, 0.29) is 18.2 Å². The van der Waals surface area contributed by atoms with Crippen molar-refractivity contribution in [3.05, 3.63) is 35.9 Å². The predicted molar refractivity (Wildman–Crippen MR) is 73.2 cm³/mol. The minimum absolute atomic E-state index is 0.0765. The van der Waals surface area contributed by atoms with Gasteiger partial charge in [0.25, 0.3) is 0 Å². The molecule has 0 saturated carbocycles. The Morgan fingerprint density at radius 2 is 1.95 bits per heavy atom. The predicted octanol–water partition coefficient (Wildman–Crippen LogP) is 0.00640. The Hall–Kier alpha value is -0.980. The van der Waals surface area contributed by atoms with Gasteiger partial charge >= 0.3 is 0 Å². The van der Waals surface area contributed by atoms with Gasteiger partial charge in [-0.3, -0.25) is 4.90 Å². The van der Waals surface area contributed by atoms with E-state index in [2.05, 4.69) is 4.90 Å². The highest BCUT2D eigenvalue weighted by Gasteiger charge is 2.52. The van der Waals surface area contributed by atoms with Crippen LogP contribution in [0.25, 0.3) is 0 Å². The van der Waals surface area contributed by atoms with Crippen LogP contribution in [0.5, 0.6) is 0 Å². The fourth-order valence-electron chi connectivity index (χ4n) is 3.28. The average Bonchev–Trinajstić information content (AvgIpc) is 2.95. The Bertz CT molecular complexity index is 441. The van der Waals surface area contributed by atoms with Crippen LogP contribution >= 0.6 is 0 Å². The van der Waals surface area contributed by atoms with Gasteiger partial charge in [0.1, 0.15) is 6.10 Å². The highest BCUT2D eigenvalue weighted by Crippen LogP contribution is 2.32. The Balaban J connectivity index is 1.64. The van der Waals surface area contributed by atoms with Crippen molar-refractivity contribution >= 4 is 0 Å². The number of ether oxygens (including phenoxy) is 2. The molecular weight excluding hydrogens is 258 g/mol. The van der Waals surface area contributed by atoms with Gasteiger partial charge in [-0.2, -0.15) is 0 Å². The van der Waals surface area contributed by atoms with Crippen molar-refractivity contribution in [3.8, 4) is 0 Å². The zero-order valence-corrected chi connectivity index (χ0v) is 11.6. The second-order valence-corrected chi connectivity index (χ2v) is 5.54. The molecule has 0 aromatic heterocycles. The minimum atomic E-state index is -0.759. The first-order valence-electron chi connectivity index (χ1n) is 6.99. The fraction of sp³-hybridized carbons (Fsp3) is 0.600. The quantitative estimate of drug-likeness (QED) is 0.813. The van der Waals surface area contributed by atoms with E-state index in [0.29, 0.717) is 19.7 Å². The number of hydrogen-bond acceptors (Lipinski definition) is 5. The first-order valence-corrected chi connectivity index (χ1v) is 6.99. The van der Waals surface area contributed by atoms with Gasteiger partial charge in [-0.15, -0.1) is 0 Å². The average molecular weight is 279 g/mol. The minimum Gasteiger partial charge on any atom is -0.389 e. The molecule has 2 fully saturated rings. The molecule has 0 spiro atoms. The van der Waals surface area contributed by atoms with E-state index in [1.807, 2.05) is 30.3 Å². The second kappa shape index (κ2) is 5.79. The van der Waals surface area contributed by atoms with E-state index in [4.69, 9.17) is 9.47 Å². The highest BCUT2D eigenvalue weighted by molar-refractivity contribution is 5.14. The molecule has 3 rings (SSSR count). The first-order chi connectivity index (χ1) is 9.70. The lowest BCUT2D eigenvalue weighted by Crippen LogP contribution is -2.43. The number of aliphatic hydroxyl groups is 2. The monoisotopic (exact) mass is 279 g/mol. The van der Waals surface area contributed by atoms with Gasteiger partial charge in [0, 0.05) is 20.2 Å². The Kier molecular flexibility index (Phi) is 4.05. The number of hydrogen-bond donors (Lipinski definition) is 2. The summed E-state index contributed by atoms with van der Waals surface area (Å²) in [5, 5.41) is 19.8. The number of aliphatic hydroxyl groups excluding tert-OH is 2. The van der Waals surface area contributed by atoms with E-state index in [0.717, 1.165) is 5.56 Å². The number of rotatable bonds is 4. The molecule has 0 amide bonds. The lowest BCUT2D eigenvalue weighted by Gasteiger charge is -2.25. The first kappa shape index (κ1) is 14.0. The largest absolute Gasteiger partial charge is 0.389 e. The van der Waals surface area contributed by atoms with Crippen LogP contribution in [0, 0.1) is 0 Å². The summed E-state index contributed by atoms with van der Waals surface area (Å²) in [6.45, 7) is 1.70. The summed E-state index contributed by atoms with van der Waals surface area (Å²) in [5.74, 6) is 0. The van der Waals surface area contributed by atoms with Gasteiger partial charge < -0.3 is 19.7 Å². The van der Waals surface area contributed by atoms with Crippen LogP contribution < -0.4 is 0 Å². The molecule has 1 aromatic rings. The van der Waals surface area contributed by atoms with E-state index < -0.39 is 12.2 Å². The molecule has 5 atom stereocenters. The summed E-state index contributed by atoms with van der Waals surface area (Å²) in [5.41, 5.74) is 1.12. The molecule has 20 heavy (non-hydrogen) atoms. The maximum atomic E-state index is 10.0. The molecule has 2 aliphatic rings. The Morgan fingerprint density at radius 1 is 1.20 bits per heavy atom. The van der Waals surface area contributed by atoms with Crippen molar-refractivity contribution in [1.82, 2.24) is 4.90 Å². The van der Waals surface area contributed by atoms with Gasteiger partial charge in [0.2, 0.25) is 0 Å². The highest BCUT2D eigenvalue weighted by atomic mass is 16.5. The number of fused-ring (bicyclic) bond motifs is 1. The van der Waals surface area contributed by atoms with E-state index in [1.54, 1.807) is 7.11 Å². The number of methoxy groups -OCH3 is 1. The lowest BCUT2D eigenvalue weighted by atomic mass is 10.0. The third-order valence-corrected chi connectivity index (χ3v) is 4.28. The summed E-state index contributed by atoms with van der Waals surface area (Å²) in [6.07, 6.45) is -1.73. The van der Waals surface area contributed by atoms with Crippen LogP contribution in [0.2, 0.25) is 0 Å². The van der Waals surface area contributed by atoms with Gasteiger partial charge in [-0.1, -0.05) is 30.3 Å². The molecule has 2 aliphatic heterocycles. The van der Waals surface area contributed by atoms with Gasteiger partial charge in [0.05, 0.1) is 31.0 Å². The van der Waals surface area contributed by atoms with Crippen LogP contribution in [-0.4, -0.2) is 65.8 Å². The summed E-state index contributed by atoms with van der Waals surface area (Å²) in [7, 11) is 1.63. The molecule has 110 valence electrons. The van der Waals surface area contributed by atoms with Crippen LogP contribution in [0.1, 0.15) is 5.56 Å². The van der Waals surface area contributed by atoms with Crippen molar-refractivity contribution in [2.24, 2.45) is 0 Å². The molecular formula is C15H21NO4. The van der Waals surface area contributed by atoms with Crippen LogP contribution in [0.4, 0.5) is 0 Å². The maximum Gasteiger partial charge on any atom is 0.103 e. The van der Waals surface area contributed by atoms with Crippen LogP contribution in [0.15, 0.2) is 30.3 Å². The molecule has 5 nitrogen and oxygen atoms in total. The van der Waals surface area contributed by atoms with E-state index in [9.17, 15) is 10.2 Å². The van der Waals surface area contributed by atoms with Crippen molar-refractivity contribution in [2.75, 3.05) is 20.2 Å². The number of benzene rings is 1. The zero-order chi connectivity index (χ0) is 14.1. The zero-order valence-electron chi connectivity index (χ0n) is 11.6. The molecule has 0 unspecified atom stereocenters. The summed E-state index contributed by atoms with van der Waals surface area (Å²) < 4.78 is 11.5. The van der Waals surface area contributed by atoms with Gasteiger partial charge in [-0.05, 0) is 5.56 Å². The van der Waals surface area contributed by atoms with Gasteiger partial charge in [-0.25, -0.2) is 0 Å². The third kappa shape index (κ3) is 2.47. The van der Waals surface area contributed by atoms with Crippen LogP contribution in [-0.2, 0) is 16.1 Å². The lowest BCUT2D eigenvalue weighted by molar-refractivity contribution is -0.0692. The number of nitrogens with zero attached hydrogens (tertiary/aromatic N) is 1. The van der Waals surface area contributed by atoms with Crippen molar-refractivity contribution in [1.29, 1.82) is 0 Å². The van der Waals surface area contributed by atoms with Crippen molar-refractivity contribution < 1.29 is 19.7 Å². The van der Waals surface area contributed by atoms with Crippen molar-refractivity contribution in [2.45, 2.75) is 37.1 Å². The summed E-state index contributed by atoms with van der Waals surface area (Å²) >= 11 is 0. The SMILES string of the molecule is CO[C@@H]1[C@@H]2[C@@H](O)[C@@H](O)CN2C[C@H]1OCc1ccccc1. The normalized spacial score (nSPS) is 37.2. The van der Waals surface area contributed by atoms with Crippen LogP contribution in [0.3, 0.4) is 0 Å². The fourth-order valence-corrected chi connectivity index (χ4v) is 3.28. The Morgan fingerprint density at radius 3 is 2.65 bits per heavy atom. The molecule has 0 radical (unpaired) electrons. The molecule has 0 aliphatic carbocycles. The maximum absolute atomic E-state index is 10.0. The standard InChI is InChI=1S/C15H21NO4/c1-19-15-12(20-9-10-5-3-2-4-6-10)8-16-7-11(17)14(18)13(15)16/h2-6,11-15,17-18H,7-9H2,1H3/t11-,12+,13-,14-,15-/m0/s1. The molecule has 2 heterocycles. The summed E-state index contributed by atoms with van der Waals surface area (Å²) in [6, 6.07) is 9.83. The van der Waals surface area contributed by atoms with Gasteiger partial charge in [0.15, 0.2) is 0 Å². The topological polar surface area (TPSA) is 62.2 Å². The smallest absolute Gasteiger partial charge is 0.103 e. The third-order valence-electron chi connectivity index (χ3n) is 4.28. The molecule has 2 saturated heterocycles.